The lowest BCUT2D eigenvalue weighted by Gasteiger charge is -2.21. The molecule has 94 valence electrons. The second kappa shape index (κ2) is 3.72. The van der Waals surface area contributed by atoms with Gasteiger partial charge in [-0.2, -0.15) is 0 Å². The third-order valence-electron chi connectivity index (χ3n) is 4.66. The van der Waals surface area contributed by atoms with E-state index in [9.17, 15) is 9.59 Å². The first-order valence-electron chi connectivity index (χ1n) is 6.65. The third kappa shape index (κ3) is 1.94. The molecule has 1 unspecified atom stereocenters. The van der Waals surface area contributed by atoms with Gasteiger partial charge in [0.25, 0.3) is 0 Å². The highest BCUT2D eigenvalue weighted by atomic mass is 16.4. The van der Waals surface area contributed by atoms with Crippen LogP contribution in [0.15, 0.2) is 0 Å². The summed E-state index contributed by atoms with van der Waals surface area (Å²) in [5, 5.41) is 8.87. The van der Waals surface area contributed by atoms with Gasteiger partial charge >= 0.3 is 5.97 Å². The van der Waals surface area contributed by atoms with Crippen LogP contribution in [0.4, 0.5) is 0 Å². The fourth-order valence-electron chi connectivity index (χ4n) is 3.45. The predicted octanol–water partition coefficient (Wildman–Crippen LogP) is 1.64. The summed E-state index contributed by atoms with van der Waals surface area (Å²) in [6.07, 6.45) is 7.81. The second-order valence-electron chi connectivity index (χ2n) is 5.92. The molecule has 4 nitrogen and oxygen atoms in total. The molecule has 0 aromatic heterocycles. The van der Waals surface area contributed by atoms with E-state index in [4.69, 9.17) is 5.11 Å². The average molecular weight is 237 g/mol. The molecule has 0 aromatic rings. The number of nitrogens with zero attached hydrogens (tertiary/aromatic N) is 1. The summed E-state index contributed by atoms with van der Waals surface area (Å²) < 4.78 is 0. The van der Waals surface area contributed by atoms with E-state index in [0.29, 0.717) is 0 Å². The molecular weight excluding hydrogens is 218 g/mol. The van der Waals surface area contributed by atoms with Gasteiger partial charge in [0.15, 0.2) is 0 Å². The molecule has 3 fully saturated rings. The van der Waals surface area contributed by atoms with Crippen molar-refractivity contribution in [2.24, 2.45) is 11.3 Å². The molecule has 1 N–H and O–H groups in total. The first-order chi connectivity index (χ1) is 8.12. The van der Waals surface area contributed by atoms with Gasteiger partial charge in [-0.1, -0.05) is 12.8 Å². The Balaban J connectivity index is 1.66. The van der Waals surface area contributed by atoms with Crippen LogP contribution in [-0.4, -0.2) is 34.5 Å². The van der Waals surface area contributed by atoms with Gasteiger partial charge in [-0.15, -0.1) is 0 Å². The first-order valence-corrected chi connectivity index (χ1v) is 6.65. The van der Waals surface area contributed by atoms with Crippen molar-refractivity contribution in [3.05, 3.63) is 0 Å². The van der Waals surface area contributed by atoms with Crippen LogP contribution in [0, 0.1) is 11.3 Å². The van der Waals surface area contributed by atoms with Gasteiger partial charge < -0.3 is 10.0 Å². The number of rotatable bonds is 4. The van der Waals surface area contributed by atoms with Gasteiger partial charge in [-0.25, -0.2) is 0 Å². The quantitative estimate of drug-likeness (QED) is 0.808. The number of carbonyl (C=O) groups excluding carboxylic acids is 1. The minimum atomic E-state index is -0.883. The monoisotopic (exact) mass is 237 g/mol. The van der Waals surface area contributed by atoms with E-state index in [1.807, 2.05) is 0 Å². The summed E-state index contributed by atoms with van der Waals surface area (Å²) in [5.74, 6) is -0.617. The van der Waals surface area contributed by atoms with Gasteiger partial charge in [-0.05, 0) is 37.5 Å². The molecule has 3 saturated carbocycles. The van der Waals surface area contributed by atoms with Crippen LogP contribution in [-0.2, 0) is 9.59 Å². The van der Waals surface area contributed by atoms with Crippen molar-refractivity contribution in [2.45, 2.75) is 51.0 Å². The van der Waals surface area contributed by atoms with Crippen LogP contribution in [0.25, 0.3) is 0 Å². The maximum Gasteiger partial charge on any atom is 0.323 e. The molecule has 3 aliphatic carbocycles. The lowest BCUT2D eigenvalue weighted by atomic mass is 10.0. The van der Waals surface area contributed by atoms with Crippen molar-refractivity contribution in [1.82, 2.24) is 4.90 Å². The summed E-state index contributed by atoms with van der Waals surface area (Å²) in [6, 6.07) is 0.220. The van der Waals surface area contributed by atoms with Crippen LogP contribution in [0.3, 0.4) is 0 Å². The Bertz CT molecular complexity index is 356. The number of amides is 1. The fraction of sp³-hybridized carbons (Fsp3) is 0.846. The number of hydrogen-bond acceptors (Lipinski definition) is 2. The third-order valence-corrected chi connectivity index (χ3v) is 4.66. The molecule has 1 amide bonds. The highest BCUT2D eigenvalue weighted by Gasteiger charge is 2.60. The van der Waals surface area contributed by atoms with Crippen molar-refractivity contribution in [1.29, 1.82) is 0 Å². The molecule has 0 radical (unpaired) electrons. The minimum absolute atomic E-state index is 0.101. The molecule has 1 atom stereocenters. The van der Waals surface area contributed by atoms with E-state index in [1.54, 1.807) is 4.90 Å². The standard InChI is InChI=1S/C13H19NO3/c15-11(16)8-14(9-3-4-9)12(17)10-7-13(10)5-1-2-6-13/h9-10H,1-8H2,(H,15,16). The Morgan fingerprint density at radius 3 is 2.41 bits per heavy atom. The maximum absolute atomic E-state index is 12.3. The van der Waals surface area contributed by atoms with Gasteiger partial charge in [0.2, 0.25) is 5.91 Å². The number of carboxylic acid groups (broad SMARTS) is 1. The highest BCUT2D eigenvalue weighted by Crippen LogP contribution is 2.63. The average Bonchev–Trinajstić information content (AvgIpc) is 3.13. The summed E-state index contributed by atoms with van der Waals surface area (Å²) >= 11 is 0. The van der Waals surface area contributed by atoms with E-state index in [1.165, 1.54) is 25.7 Å². The molecule has 17 heavy (non-hydrogen) atoms. The number of carboxylic acids is 1. The molecule has 0 aromatic carbocycles. The Labute approximate surface area is 101 Å². The molecule has 3 rings (SSSR count). The minimum Gasteiger partial charge on any atom is -0.480 e. The maximum atomic E-state index is 12.3. The molecular formula is C13H19NO3. The smallest absolute Gasteiger partial charge is 0.323 e. The summed E-state index contributed by atoms with van der Waals surface area (Å²) in [5.41, 5.74) is 0.280. The number of hydrogen-bond donors (Lipinski definition) is 1. The zero-order valence-corrected chi connectivity index (χ0v) is 10.0. The van der Waals surface area contributed by atoms with E-state index >= 15 is 0 Å². The lowest BCUT2D eigenvalue weighted by molar-refractivity contribution is -0.145. The van der Waals surface area contributed by atoms with Crippen LogP contribution < -0.4 is 0 Å². The zero-order chi connectivity index (χ0) is 12.0. The highest BCUT2D eigenvalue weighted by molar-refractivity contribution is 5.86. The van der Waals surface area contributed by atoms with Crippen molar-refractivity contribution < 1.29 is 14.7 Å². The van der Waals surface area contributed by atoms with Gasteiger partial charge in [0.05, 0.1) is 0 Å². The van der Waals surface area contributed by atoms with Crippen molar-refractivity contribution in [2.75, 3.05) is 6.54 Å². The normalized spacial score (nSPS) is 29.3. The lowest BCUT2D eigenvalue weighted by Crippen LogP contribution is -2.39. The van der Waals surface area contributed by atoms with E-state index in [0.717, 1.165) is 19.3 Å². The molecule has 0 aliphatic heterocycles. The van der Waals surface area contributed by atoms with Gasteiger partial charge in [-0.3, -0.25) is 9.59 Å². The Morgan fingerprint density at radius 1 is 1.24 bits per heavy atom. The molecule has 3 aliphatic rings. The van der Waals surface area contributed by atoms with Crippen LogP contribution in [0.1, 0.15) is 44.9 Å². The van der Waals surface area contributed by atoms with Crippen molar-refractivity contribution in [3.8, 4) is 0 Å². The van der Waals surface area contributed by atoms with Gasteiger partial charge in [0, 0.05) is 12.0 Å². The van der Waals surface area contributed by atoms with E-state index in [-0.39, 0.29) is 29.8 Å². The second-order valence-corrected chi connectivity index (χ2v) is 5.92. The largest absolute Gasteiger partial charge is 0.480 e. The van der Waals surface area contributed by atoms with Crippen molar-refractivity contribution in [3.63, 3.8) is 0 Å². The Hall–Kier alpha value is -1.06. The molecule has 0 bridgehead atoms. The first kappa shape index (κ1) is 11.1. The summed E-state index contributed by atoms with van der Waals surface area (Å²) in [4.78, 5) is 24.8. The topological polar surface area (TPSA) is 57.6 Å². The Kier molecular flexibility index (Phi) is 2.42. The molecule has 0 saturated heterocycles. The van der Waals surface area contributed by atoms with Crippen LogP contribution in [0.5, 0.6) is 0 Å². The van der Waals surface area contributed by atoms with Gasteiger partial charge in [0.1, 0.15) is 6.54 Å². The van der Waals surface area contributed by atoms with Crippen molar-refractivity contribution >= 4 is 11.9 Å². The van der Waals surface area contributed by atoms with Crippen LogP contribution in [0.2, 0.25) is 0 Å². The molecule has 1 spiro atoms. The summed E-state index contributed by atoms with van der Waals surface area (Å²) in [6.45, 7) is -0.101. The summed E-state index contributed by atoms with van der Waals surface area (Å²) in [7, 11) is 0. The predicted molar refractivity (Wildman–Crippen MR) is 61.4 cm³/mol. The van der Waals surface area contributed by atoms with E-state index < -0.39 is 5.97 Å². The SMILES string of the molecule is O=C(O)CN(C(=O)C1CC12CCCC2)C1CC1. The number of aliphatic carboxylic acids is 1. The fourth-order valence-corrected chi connectivity index (χ4v) is 3.45. The molecule has 4 heteroatoms. The number of carbonyl (C=O) groups is 2. The van der Waals surface area contributed by atoms with E-state index in [2.05, 4.69) is 0 Å². The Morgan fingerprint density at radius 2 is 1.88 bits per heavy atom. The van der Waals surface area contributed by atoms with Crippen LogP contribution >= 0.6 is 0 Å². The molecule has 0 heterocycles. The zero-order valence-electron chi connectivity index (χ0n) is 10.0.